The zero-order valence-electron chi connectivity index (χ0n) is 11.6. The maximum Gasteiger partial charge on any atom is 0.138 e. The maximum atomic E-state index is 5.80. The van der Waals surface area contributed by atoms with Gasteiger partial charge in [-0.15, -0.1) is 0 Å². The minimum atomic E-state index is 0.322. The van der Waals surface area contributed by atoms with Gasteiger partial charge in [0.25, 0.3) is 0 Å². The van der Waals surface area contributed by atoms with Gasteiger partial charge < -0.3 is 10.1 Å². The van der Waals surface area contributed by atoms with Crippen LogP contribution in [0.2, 0.25) is 0 Å². The molecule has 0 radical (unpaired) electrons. The summed E-state index contributed by atoms with van der Waals surface area (Å²) in [5.41, 5.74) is 0. The summed E-state index contributed by atoms with van der Waals surface area (Å²) in [5, 5.41) is 7.82. The molecule has 1 aliphatic heterocycles. The molecule has 0 aliphatic carbocycles. The standard InChI is InChI=1S/C13H24N4O/c1-4-14-11(12-6-5-7-18-12)8-13-15-9-16-17(13)10(2)3/h9-12,14H,4-8H2,1-3H3. The van der Waals surface area contributed by atoms with Crippen molar-refractivity contribution in [2.75, 3.05) is 13.2 Å². The summed E-state index contributed by atoms with van der Waals surface area (Å²) < 4.78 is 7.80. The fourth-order valence-electron chi connectivity index (χ4n) is 2.57. The molecular weight excluding hydrogens is 228 g/mol. The number of rotatable bonds is 6. The van der Waals surface area contributed by atoms with Crippen LogP contribution in [-0.2, 0) is 11.2 Å². The Balaban J connectivity index is 2.05. The second-order valence-corrected chi connectivity index (χ2v) is 5.13. The molecule has 0 saturated carbocycles. The van der Waals surface area contributed by atoms with Crippen LogP contribution >= 0.6 is 0 Å². The summed E-state index contributed by atoms with van der Waals surface area (Å²) >= 11 is 0. The SMILES string of the molecule is CCNC(Cc1ncnn1C(C)C)C1CCCO1. The molecule has 1 aromatic rings. The summed E-state index contributed by atoms with van der Waals surface area (Å²) in [6.07, 6.45) is 5.17. The van der Waals surface area contributed by atoms with Crippen LogP contribution in [0.1, 0.15) is 45.5 Å². The van der Waals surface area contributed by atoms with Crippen LogP contribution in [0, 0.1) is 0 Å². The Morgan fingerprint density at radius 3 is 3.00 bits per heavy atom. The maximum absolute atomic E-state index is 5.80. The molecule has 2 atom stereocenters. The fourth-order valence-corrected chi connectivity index (χ4v) is 2.57. The summed E-state index contributed by atoms with van der Waals surface area (Å²) in [6.45, 7) is 8.25. The third-order valence-corrected chi connectivity index (χ3v) is 3.42. The molecule has 18 heavy (non-hydrogen) atoms. The van der Waals surface area contributed by atoms with Gasteiger partial charge in [0.2, 0.25) is 0 Å². The topological polar surface area (TPSA) is 52.0 Å². The fraction of sp³-hybridized carbons (Fsp3) is 0.846. The third-order valence-electron chi connectivity index (χ3n) is 3.42. The molecule has 1 aliphatic rings. The van der Waals surface area contributed by atoms with E-state index in [-0.39, 0.29) is 0 Å². The molecule has 5 nitrogen and oxygen atoms in total. The number of nitrogens with one attached hydrogen (secondary N) is 1. The first-order valence-corrected chi connectivity index (χ1v) is 6.95. The van der Waals surface area contributed by atoms with E-state index in [0.717, 1.165) is 31.8 Å². The highest BCUT2D eigenvalue weighted by atomic mass is 16.5. The molecule has 1 fully saturated rings. The van der Waals surface area contributed by atoms with Gasteiger partial charge in [-0.2, -0.15) is 5.10 Å². The average Bonchev–Trinajstić information content (AvgIpc) is 2.99. The second kappa shape index (κ2) is 6.29. The number of aromatic nitrogens is 3. The Morgan fingerprint density at radius 1 is 1.56 bits per heavy atom. The highest BCUT2D eigenvalue weighted by Gasteiger charge is 2.27. The van der Waals surface area contributed by atoms with Gasteiger partial charge in [0.1, 0.15) is 12.2 Å². The van der Waals surface area contributed by atoms with Gasteiger partial charge in [-0.05, 0) is 33.2 Å². The minimum absolute atomic E-state index is 0.322. The van der Waals surface area contributed by atoms with E-state index in [9.17, 15) is 0 Å². The third kappa shape index (κ3) is 3.09. The zero-order chi connectivity index (χ0) is 13.0. The number of likely N-dealkylation sites (N-methyl/N-ethyl adjacent to an activating group) is 1. The molecule has 0 aromatic carbocycles. The molecule has 102 valence electrons. The van der Waals surface area contributed by atoms with E-state index in [1.807, 2.05) is 4.68 Å². The first-order chi connectivity index (χ1) is 8.72. The molecule has 0 bridgehead atoms. The van der Waals surface area contributed by atoms with E-state index in [4.69, 9.17) is 4.74 Å². The van der Waals surface area contributed by atoms with Gasteiger partial charge in [0.15, 0.2) is 0 Å². The van der Waals surface area contributed by atoms with Crippen LogP contribution in [0.3, 0.4) is 0 Å². The summed E-state index contributed by atoms with van der Waals surface area (Å²) in [4.78, 5) is 4.39. The van der Waals surface area contributed by atoms with Crippen LogP contribution in [-0.4, -0.2) is 40.1 Å². The highest BCUT2D eigenvalue weighted by molar-refractivity contribution is 4.94. The van der Waals surface area contributed by atoms with Crippen molar-refractivity contribution in [3.8, 4) is 0 Å². The lowest BCUT2D eigenvalue weighted by Crippen LogP contribution is -2.42. The van der Waals surface area contributed by atoms with Crippen molar-refractivity contribution in [3.63, 3.8) is 0 Å². The average molecular weight is 252 g/mol. The zero-order valence-corrected chi connectivity index (χ0v) is 11.6. The van der Waals surface area contributed by atoms with Gasteiger partial charge in [-0.1, -0.05) is 6.92 Å². The Bertz CT molecular complexity index is 358. The summed E-state index contributed by atoms with van der Waals surface area (Å²) in [6, 6.07) is 0.702. The van der Waals surface area contributed by atoms with Crippen molar-refractivity contribution in [2.45, 2.75) is 58.2 Å². The van der Waals surface area contributed by atoms with E-state index >= 15 is 0 Å². The molecule has 1 N–H and O–H groups in total. The first-order valence-electron chi connectivity index (χ1n) is 6.95. The molecule has 0 amide bonds. The van der Waals surface area contributed by atoms with Gasteiger partial charge in [-0.25, -0.2) is 9.67 Å². The Kier molecular flexibility index (Phi) is 4.72. The number of nitrogens with zero attached hydrogens (tertiary/aromatic N) is 3. The van der Waals surface area contributed by atoms with Crippen LogP contribution in [0.4, 0.5) is 0 Å². The largest absolute Gasteiger partial charge is 0.377 e. The van der Waals surface area contributed by atoms with Gasteiger partial charge in [0, 0.05) is 25.1 Å². The van der Waals surface area contributed by atoms with Gasteiger partial charge >= 0.3 is 0 Å². The summed E-state index contributed by atoms with van der Waals surface area (Å²) in [7, 11) is 0. The lowest BCUT2D eigenvalue weighted by Gasteiger charge is -2.24. The van der Waals surface area contributed by atoms with E-state index in [1.165, 1.54) is 6.42 Å². The Morgan fingerprint density at radius 2 is 2.39 bits per heavy atom. The van der Waals surface area contributed by atoms with Gasteiger partial charge in [-0.3, -0.25) is 0 Å². The number of hydrogen-bond acceptors (Lipinski definition) is 4. The normalized spacial score (nSPS) is 21.7. The first kappa shape index (κ1) is 13.5. The molecule has 2 heterocycles. The number of hydrogen-bond donors (Lipinski definition) is 1. The van der Waals surface area contributed by atoms with Crippen molar-refractivity contribution < 1.29 is 4.74 Å². The Labute approximate surface area is 109 Å². The van der Waals surface area contributed by atoms with Crippen molar-refractivity contribution in [1.29, 1.82) is 0 Å². The van der Waals surface area contributed by atoms with Crippen molar-refractivity contribution in [1.82, 2.24) is 20.1 Å². The molecule has 5 heteroatoms. The van der Waals surface area contributed by atoms with E-state index < -0.39 is 0 Å². The molecule has 2 unspecified atom stereocenters. The van der Waals surface area contributed by atoms with E-state index in [2.05, 4.69) is 36.2 Å². The van der Waals surface area contributed by atoms with E-state index in [0.29, 0.717) is 18.2 Å². The molecule has 2 rings (SSSR count). The predicted octanol–water partition coefficient (Wildman–Crippen LogP) is 1.56. The lowest BCUT2D eigenvalue weighted by molar-refractivity contribution is 0.0778. The molecule has 1 saturated heterocycles. The molecule has 1 aromatic heterocycles. The van der Waals surface area contributed by atoms with E-state index in [1.54, 1.807) is 6.33 Å². The number of ether oxygens (including phenoxy) is 1. The second-order valence-electron chi connectivity index (χ2n) is 5.13. The molecule has 0 spiro atoms. The minimum Gasteiger partial charge on any atom is -0.377 e. The Hall–Kier alpha value is -0.940. The van der Waals surface area contributed by atoms with Crippen LogP contribution in [0.15, 0.2) is 6.33 Å². The monoisotopic (exact) mass is 252 g/mol. The van der Waals surface area contributed by atoms with Crippen molar-refractivity contribution in [2.24, 2.45) is 0 Å². The quantitative estimate of drug-likeness (QED) is 0.835. The van der Waals surface area contributed by atoms with Crippen LogP contribution in [0.5, 0.6) is 0 Å². The highest BCUT2D eigenvalue weighted by Crippen LogP contribution is 2.19. The van der Waals surface area contributed by atoms with Crippen LogP contribution < -0.4 is 5.32 Å². The molecular formula is C13H24N4O. The van der Waals surface area contributed by atoms with Crippen molar-refractivity contribution >= 4 is 0 Å². The smallest absolute Gasteiger partial charge is 0.138 e. The van der Waals surface area contributed by atoms with Gasteiger partial charge in [0.05, 0.1) is 6.10 Å². The lowest BCUT2D eigenvalue weighted by atomic mass is 10.0. The summed E-state index contributed by atoms with van der Waals surface area (Å²) in [5.74, 6) is 1.05. The predicted molar refractivity (Wildman–Crippen MR) is 70.5 cm³/mol. The van der Waals surface area contributed by atoms with Crippen molar-refractivity contribution in [3.05, 3.63) is 12.2 Å². The van der Waals surface area contributed by atoms with Crippen LogP contribution in [0.25, 0.3) is 0 Å².